The number of aliphatic hydroxyl groups excluding tert-OH is 1. The van der Waals surface area contributed by atoms with Crippen molar-refractivity contribution in [2.75, 3.05) is 23.9 Å². The highest BCUT2D eigenvalue weighted by Gasteiger charge is 2.25. The molecule has 0 bridgehead atoms. The van der Waals surface area contributed by atoms with Gasteiger partial charge in [-0.25, -0.2) is 4.79 Å². The fourth-order valence-corrected chi connectivity index (χ4v) is 3.04. The second-order valence-electron chi connectivity index (χ2n) is 6.72. The lowest BCUT2D eigenvalue weighted by Gasteiger charge is -2.30. The number of hydrogen-bond donors (Lipinski definition) is 3. The molecule has 5 nitrogen and oxygen atoms in total. The average molecular weight is 319 g/mol. The van der Waals surface area contributed by atoms with Crippen LogP contribution in [0.4, 0.5) is 16.2 Å². The molecular weight excluding hydrogens is 290 g/mol. The fraction of sp³-hybridized carbons (Fsp3) is 0.611. The number of aliphatic hydroxyl groups is 1. The molecule has 0 saturated heterocycles. The average Bonchev–Trinajstić information content (AvgIpc) is 3.09. The van der Waals surface area contributed by atoms with E-state index in [4.69, 9.17) is 0 Å². The highest BCUT2D eigenvalue weighted by molar-refractivity contribution is 5.93. The smallest absolute Gasteiger partial charge is 0.319 e. The van der Waals surface area contributed by atoms with E-state index in [0.717, 1.165) is 11.4 Å². The summed E-state index contributed by atoms with van der Waals surface area (Å²) in [6.45, 7) is 3.70. The third-order valence-electron chi connectivity index (χ3n) is 4.95. The summed E-state index contributed by atoms with van der Waals surface area (Å²) in [5.41, 5.74) is 1.24. The molecule has 0 aliphatic heterocycles. The van der Waals surface area contributed by atoms with E-state index in [1.807, 2.05) is 38.1 Å². The minimum atomic E-state index is -0.601. The molecule has 0 radical (unpaired) electrons. The number of hydrogen-bond acceptors (Lipinski definition) is 3. The van der Waals surface area contributed by atoms with Crippen molar-refractivity contribution in [1.29, 1.82) is 0 Å². The number of benzene rings is 1. The molecule has 5 heteroatoms. The topological polar surface area (TPSA) is 64.6 Å². The molecule has 2 amide bonds. The van der Waals surface area contributed by atoms with Gasteiger partial charge in [0, 0.05) is 13.1 Å². The van der Waals surface area contributed by atoms with Crippen molar-refractivity contribution in [1.82, 2.24) is 5.32 Å². The van der Waals surface area contributed by atoms with Crippen LogP contribution in [0.5, 0.6) is 0 Å². The largest absolute Gasteiger partial charge is 0.394 e. The maximum atomic E-state index is 12.3. The molecule has 1 aliphatic carbocycles. The Bertz CT molecular complexity index is 523. The minimum absolute atomic E-state index is 0.0828. The van der Waals surface area contributed by atoms with Gasteiger partial charge in [-0.2, -0.15) is 0 Å². The van der Waals surface area contributed by atoms with Gasteiger partial charge in [-0.15, -0.1) is 0 Å². The van der Waals surface area contributed by atoms with Crippen LogP contribution in [-0.2, 0) is 0 Å². The normalized spacial score (nSPS) is 17.6. The van der Waals surface area contributed by atoms with Crippen molar-refractivity contribution in [2.24, 2.45) is 0 Å². The van der Waals surface area contributed by atoms with E-state index in [-0.39, 0.29) is 12.6 Å². The molecule has 0 aromatic heterocycles. The molecule has 1 aromatic rings. The van der Waals surface area contributed by atoms with Crippen LogP contribution in [-0.4, -0.2) is 36.4 Å². The van der Waals surface area contributed by atoms with Gasteiger partial charge >= 0.3 is 6.03 Å². The number of carbonyl (C=O) groups excluding carboxylic acids is 1. The van der Waals surface area contributed by atoms with Gasteiger partial charge in [-0.3, -0.25) is 0 Å². The van der Waals surface area contributed by atoms with Crippen molar-refractivity contribution >= 4 is 17.4 Å². The lowest BCUT2D eigenvalue weighted by Crippen LogP contribution is -2.50. The summed E-state index contributed by atoms with van der Waals surface area (Å²) in [4.78, 5) is 14.6. The highest BCUT2D eigenvalue weighted by atomic mass is 16.3. The Hall–Kier alpha value is -1.75. The summed E-state index contributed by atoms with van der Waals surface area (Å²) in [5, 5.41) is 15.2. The van der Waals surface area contributed by atoms with Crippen molar-refractivity contribution in [3.63, 3.8) is 0 Å². The van der Waals surface area contributed by atoms with E-state index in [9.17, 15) is 9.90 Å². The predicted molar refractivity (Wildman–Crippen MR) is 95.0 cm³/mol. The Morgan fingerprint density at radius 3 is 2.61 bits per heavy atom. The first-order chi connectivity index (χ1) is 11.0. The predicted octanol–water partition coefficient (Wildman–Crippen LogP) is 3.35. The zero-order valence-corrected chi connectivity index (χ0v) is 14.4. The highest BCUT2D eigenvalue weighted by Crippen LogP contribution is 2.31. The van der Waals surface area contributed by atoms with Gasteiger partial charge in [-0.1, -0.05) is 31.9 Å². The molecule has 1 aliphatic rings. The molecule has 1 atom stereocenters. The lowest BCUT2D eigenvalue weighted by atomic mass is 10.0. The Kier molecular flexibility index (Phi) is 5.88. The third kappa shape index (κ3) is 4.38. The van der Waals surface area contributed by atoms with Crippen LogP contribution in [0, 0.1) is 0 Å². The number of amides is 2. The zero-order chi connectivity index (χ0) is 16.9. The molecule has 128 valence electrons. The van der Waals surface area contributed by atoms with Gasteiger partial charge in [0.1, 0.15) is 0 Å². The summed E-state index contributed by atoms with van der Waals surface area (Å²) in [6.07, 6.45) is 5.62. The first-order valence-corrected chi connectivity index (χ1v) is 8.51. The van der Waals surface area contributed by atoms with Crippen molar-refractivity contribution in [2.45, 2.75) is 57.5 Å². The van der Waals surface area contributed by atoms with Crippen LogP contribution >= 0.6 is 0 Å². The summed E-state index contributed by atoms with van der Waals surface area (Å²) >= 11 is 0. The molecule has 3 N–H and O–H groups in total. The quantitative estimate of drug-likeness (QED) is 0.753. The summed E-state index contributed by atoms with van der Waals surface area (Å²) in [6, 6.07) is 8.14. The van der Waals surface area contributed by atoms with Crippen LogP contribution in [0.3, 0.4) is 0 Å². The van der Waals surface area contributed by atoms with Gasteiger partial charge in [0.2, 0.25) is 0 Å². The first kappa shape index (κ1) is 17.6. The molecule has 2 rings (SSSR count). The maximum absolute atomic E-state index is 12.3. The number of rotatable bonds is 6. The number of anilines is 2. The van der Waals surface area contributed by atoms with Gasteiger partial charge < -0.3 is 20.6 Å². The number of nitrogens with zero attached hydrogens (tertiary/aromatic N) is 1. The Morgan fingerprint density at radius 2 is 2.00 bits per heavy atom. The molecule has 23 heavy (non-hydrogen) atoms. The van der Waals surface area contributed by atoms with Crippen molar-refractivity contribution in [3.05, 3.63) is 24.3 Å². The second-order valence-corrected chi connectivity index (χ2v) is 6.72. The van der Waals surface area contributed by atoms with E-state index in [1.54, 1.807) is 0 Å². The van der Waals surface area contributed by atoms with Gasteiger partial charge in [0.15, 0.2) is 0 Å². The third-order valence-corrected chi connectivity index (χ3v) is 4.95. The molecule has 1 fully saturated rings. The summed E-state index contributed by atoms with van der Waals surface area (Å²) < 4.78 is 0. The molecular formula is C18H29N3O2. The van der Waals surface area contributed by atoms with Crippen LogP contribution in [0.15, 0.2) is 24.3 Å². The molecule has 0 spiro atoms. The number of carbonyl (C=O) groups is 1. The van der Waals surface area contributed by atoms with Crippen molar-refractivity contribution < 1.29 is 9.90 Å². The van der Waals surface area contributed by atoms with Crippen molar-refractivity contribution in [3.8, 4) is 0 Å². The lowest BCUT2D eigenvalue weighted by molar-refractivity contribution is 0.172. The van der Waals surface area contributed by atoms with E-state index in [2.05, 4.69) is 22.6 Å². The maximum Gasteiger partial charge on any atom is 0.319 e. The molecule has 1 aromatic carbocycles. The van der Waals surface area contributed by atoms with Crippen LogP contribution < -0.4 is 15.5 Å². The number of para-hydroxylation sites is 2. The summed E-state index contributed by atoms with van der Waals surface area (Å²) in [7, 11) is 2.10. The Morgan fingerprint density at radius 1 is 1.35 bits per heavy atom. The van der Waals surface area contributed by atoms with E-state index < -0.39 is 5.54 Å². The van der Waals surface area contributed by atoms with Gasteiger partial charge in [0.05, 0.1) is 23.5 Å². The van der Waals surface area contributed by atoms with Gasteiger partial charge in [-0.05, 0) is 38.3 Å². The Balaban J connectivity index is 2.09. The van der Waals surface area contributed by atoms with E-state index in [1.165, 1.54) is 25.7 Å². The van der Waals surface area contributed by atoms with Crippen LogP contribution in [0.1, 0.15) is 46.0 Å². The standard InChI is InChI=1S/C18H29N3O2/c1-4-18(2,13-22)20-17(23)19-15-11-7-8-12-16(15)21(3)14-9-5-6-10-14/h7-8,11-12,14,22H,4-6,9-10,13H2,1-3H3,(H2,19,20,23). The van der Waals surface area contributed by atoms with Crippen LogP contribution in [0.2, 0.25) is 0 Å². The molecule has 1 unspecified atom stereocenters. The van der Waals surface area contributed by atoms with Crippen LogP contribution in [0.25, 0.3) is 0 Å². The van der Waals surface area contributed by atoms with Gasteiger partial charge in [0.25, 0.3) is 0 Å². The number of urea groups is 1. The van der Waals surface area contributed by atoms with E-state index >= 15 is 0 Å². The number of nitrogens with one attached hydrogen (secondary N) is 2. The fourth-order valence-electron chi connectivity index (χ4n) is 3.04. The second kappa shape index (κ2) is 7.68. The molecule has 0 heterocycles. The zero-order valence-electron chi connectivity index (χ0n) is 14.4. The molecule has 1 saturated carbocycles. The first-order valence-electron chi connectivity index (χ1n) is 8.51. The SMILES string of the molecule is CCC(C)(CO)NC(=O)Nc1ccccc1N(C)C1CCCC1. The van der Waals surface area contributed by atoms with E-state index in [0.29, 0.717) is 12.5 Å². The summed E-state index contributed by atoms with van der Waals surface area (Å²) in [5.74, 6) is 0. The minimum Gasteiger partial charge on any atom is -0.394 e. The monoisotopic (exact) mass is 319 g/mol. The Labute approximate surface area is 139 Å².